The second-order valence-corrected chi connectivity index (χ2v) is 7.66. The molecule has 0 fully saturated rings. The van der Waals surface area contributed by atoms with Crippen molar-refractivity contribution < 1.29 is 9.84 Å². The molecule has 10 heteroatoms. The van der Waals surface area contributed by atoms with Crippen molar-refractivity contribution in [1.29, 1.82) is 0 Å². The van der Waals surface area contributed by atoms with E-state index in [0.29, 0.717) is 34.6 Å². The highest BCUT2D eigenvalue weighted by atomic mass is 16.5. The molecule has 160 valence electrons. The van der Waals surface area contributed by atoms with Crippen molar-refractivity contribution in [2.75, 3.05) is 7.11 Å². The van der Waals surface area contributed by atoms with Crippen LogP contribution in [0.1, 0.15) is 42.3 Å². The van der Waals surface area contributed by atoms with Gasteiger partial charge in [-0.3, -0.25) is 19.1 Å². The number of hydrogen-bond acceptors (Lipinski definition) is 8. The number of rotatable bonds is 6. The molecule has 4 aromatic rings. The Hall–Kier alpha value is -3.66. The van der Waals surface area contributed by atoms with E-state index < -0.39 is 5.41 Å². The van der Waals surface area contributed by atoms with Crippen LogP contribution in [-0.2, 0) is 12.0 Å². The Bertz CT molecular complexity index is 1130. The number of hydrogen-bond donors (Lipinski definition) is 1. The zero-order valence-electron chi connectivity index (χ0n) is 18.1. The predicted molar refractivity (Wildman–Crippen MR) is 112 cm³/mol. The number of aryl methyl sites for hydroxylation is 2. The van der Waals surface area contributed by atoms with Crippen LogP contribution in [0.15, 0.2) is 37.4 Å². The van der Waals surface area contributed by atoms with Crippen LogP contribution in [0.25, 0.3) is 11.6 Å². The molecule has 0 bridgehead atoms. The molecular formula is C21H24N8O2. The van der Waals surface area contributed by atoms with Gasteiger partial charge in [0, 0.05) is 12.4 Å². The summed E-state index contributed by atoms with van der Waals surface area (Å²) in [6.07, 6.45) is 10.0. The summed E-state index contributed by atoms with van der Waals surface area (Å²) in [5.41, 5.74) is 3.02. The molecule has 0 aliphatic carbocycles. The van der Waals surface area contributed by atoms with Crippen molar-refractivity contribution in [3.63, 3.8) is 0 Å². The first-order valence-corrected chi connectivity index (χ1v) is 9.74. The normalized spacial score (nSPS) is 11.7. The molecule has 0 saturated carbocycles. The summed E-state index contributed by atoms with van der Waals surface area (Å²) >= 11 is 0. The van der Waals surface area contributed by atoms with E-state index in [1.165, 1.54) is 0 Å². The van der Waals surface area contributed by atoms with Crippen molar-refractivity contribution in [2.45, 2.75) is 39.7 Å². The molecule has 0 aliphatic heterocycles. The van der Waals surface area contributed by atoms with Crippen molar-refractivity contribution in [3.05, 3.63) is 65.9 Å². The summed E-state index contributed by atoms with van der Waals surface area (Å²) in [4.78, 5) is 26.9. The first-order valence-electron chi connectivity index (χ1n) is 9.74. The first kappa shape index (κ1) is 20.6. The van der Waals surface area contributed by atoms with E-state index in [1.54, 1.807) is 53.7 Å². The van der Waals surface area contributed by atoms with Crippen molar-refractivity contribution in [1.82, 2.24) is 39.0 Å². The minimum atomic E-state index is -0.593. The Labute approximate surface area is 179 Å². The van der Waals surface area contributed by atoms with Crippen LogP contribution in [0, 0.1) is 13.8 Å². The fourth-order valence-corrected chi connectivity index (χ4v) is 3.36. The fraction of sp³-hybridized carbons (Fsp3) is 0.333. The smallest absolute Gasteiger partial charge is 0.222 e. The maximum atomic E-state index is 9.69. The molecule has 10 nitrogen and oxygen atoms in total. The summed E-state index contributed by atoms with van der Waals surface area (Å²) in [7, 11) is 1.60. The minimum Gasteiger partial charge on any atom is -0.481 e. The number of nitrogens with zero attached hydrogens (tertiary/aromatic N) is 8. The predicted octanol–water partition coefficient (Wildman–Crippen LogP) is 2.08. The summed E-state index contributed by atoms with van der Waals surface area (Å²) in [5.74, 6) is 1.78. The van der Waals surface area contributed by atoms with Gasteiger partial charge in [-0.15, -0.1) is 0 Å². The largest absolute Gasteiger partial charge is 0.481 e. The Morgan fingerprint density at radius 2 is 1.42 bits per heavy atom. The molecule has 4 aromatic heterocycles. The van der Waals surface area contributed by atoms with Gasteiger partial charge in [-0.2, -0.15) is 0 Å². The van der Waals surface area contributed by atoms with Gasteiger partial charge in [0.1, 0.15) is 12.7 Å². The van der Waals surface area contributed by atoms with Crippen LogP contribution in [0.4, 0.5) is 0 Å². The number of aliphatic hydroxyl groups is 1. The van der Waals surface area contributed by atoms with Gasteiger partial charge in [-0.25, -0.2) is 19.9 Å². The molecule has 4 heterocycles. The van der Waals surface area contributed by atoms with Crippen LogP contribution in [0.2, 0.25) is 0 Å². The van der Waals surface area contributed by atoms with E-state index in [9.17, 15) is 5.11 Å². The lowest BCUT2D eigenvalue weighted by atomic mass is 9.86. The molecule has 0 radical (unpaired) electrons. The molecule has 0 unspecified atom stereocenters. The third-order valence-electron chi connectivity index (χ3n) is 5.33. The van der Waals surface area contributed by atoms with Gasteiger partial charge in [-0.05, 0) is 27.7 Å². The molecule has 0 amide bonds. The lowest BCUT2D eigenvalue weighted by Gasteiger charge is -2.24. The highest BCUT2D eigenvalue weighted by Gasteiger charge is 2.29. The molecule has 0 aliphatic rings. The van der Waals surface area contributed by atoms with Gasteiger partial charge >= 0.3 is 0 Å². The Balaban J connectivity index is 1.76. The average Bonchev–Trinajstić information content (AvgIpc) is 3.35. The topological polar surface area (TPSA) is 117 Å². The summed E-state index contributed by atoms with van der Waals surface area (Å²) in [6.45, 7) is 7.60. The van der Waals surface area contributed by atoms with E-state index >= 15 is 0 Å². The van der Waals surface area contributed by atoms with Crippen LogP contribution in [0.5, 0.6) is 5.88 Å². The summed E-state index contributed by atoms with van der Waals surface area (Å²) in [6, 6.07) is 0. The van der Waals surface area contributed by atoms with Crippen LogP contribution >= 0.6 is 0 Å². The number of imidazole rings is 2. The summed E-state index contributed by atoms with van der Waals surface area (Å²) < 4.78 is 8.95. The van der Waals surface area contributed by atoms with Crippen LogP contribution in [0.3, 0.4) is 0 Å². The van der Waals surface area contributed by atoms with E-state index in [2.05, 4.69) is 19.9 Å². The third-order valence-corrected chi connectivity index (χ3v) is 5.33. The molecule has 0 saturated heterocycles. The SMILES string of the molecule is COc1c(C)ncn1-c1cncc(C(C)(C)c2cncc(-n3cnc(C)c3CO)n2)n1. The van der Waals surface area contributed by atoms with Gasteiger partial charge in [-0.1, -0.05) is 0 Å². The second-order valence-electron chi connectivity index (χ2n) is 7.66. The minimum absolute atomic E-state index is 0.138. The number of aliphatic hydroxyl groups excluding tert-OH is 1. The zero-order valence-corrected chi connectivity index (χ0v) is 18.1. The maximum absolute atomic E-state index is 9.69. The van der Waals surface area contributed by atoms with Gasteiger partial charge in [0.25, 0.3) is 0 Å². The highest BCUT2D eigenvalue weighted by Crippen LogP contribution is 2.30. The number of ether oxygens (including phenoxy) is 1. The molecule has 0 spiro atoms. The number of aromatic nitrogens is 8. The van der Waals surface area contributed by atoms with Gasteiger partial charge in [0.15, 0.2) is 11.6 Å². The van der Waals surface area contributed by atoms with Crippen LogP contribution < -0.4 is 4.74 Å². The molecule has 4 rings (SSSR count). The highest BCUT2D eigenvalue weighted by molar-refractivity contribution is 5.36. The van der Waals surface area contributed by atoms with Crippen molar-refractivity contribution in [3.8, 4) is 17.5 Å². The van der Waals surface area contributed by atoms with E-state index in [-0.39, 0.29) is 6.61 Å². The lowest BCUT2D eigenvalue weighted by Crippen LogP contribution is -2.24. The van der Waals surface area contributed by atoms with E-state index in [4.69, 9.17) is 14.7 Å². The monoisotopic (exact) mass is 420 g/mol. The molecule has 1 N–H and O–H groups in total. The van der Waals surface area contributed by atoms with E-state index in [1.807, 2.05) is 27.7 Å². The Kier molecular flexibility index (Phi) is 5.24. The zero-order chi connectivity index (χ0) is 22.2. The maximum Gasteiger partial charge on any atom is 0.222 e. The quantitative estimate of drug-likeness (QED) is 0.504. The summed E-state index contributed by atoms with van der Waals surface area (Å²) in [5, 5.41) is 9.69. The fourth-order valence-electron chi connectivity index (χ4n) is 3.36. The Morgan fingerprint density at radius 1 is 0.871 bits per heavy atom. The van der Waals surface area contributed by atoms with Gasteiger partial charge < -0.3 is 9.84 Å². The van der Waals surface area contributed by atoms with E-state index in [0.717, 1.165) is 11.4 Å². The Morgan fingerprint density at radius 3 is 2.00 bits per heavy atom. The van der Waals surface area contributed by atoms with Gasteiger partial charge in [0.05, 0.1) is 60.0 Å². The second kappa shape index (κ2) is 7.88. The first-order chi connectivity index (χ1) is 14.9. The molecule has 31 heavy (non-hydrogen) atoms. The molecule has 0 aromatic carbocycles. The van der Waals surface area contributed by atoms with Gasteiger partial charge in [0.2, 0.25) is 5.88 Å². The molecule has 0 atom stereocenters. The molecular weight excluding hydrogens is 396 g/mol. The lowest BCUT2D eigenvalue weighted by molar-refractivity contribution is 0.273. The van der Waals surface area contributed by atoms with Crippen molar-refractivity contribution in [2.24, 2.45) is 0 Å². The standard InChI is InChI=1S/C21H24N8O2/c1-13-15(10-30)28(11-24-13)18-8-22-6-16(26-18)21(3,4)17-7-23-9-19(27-17)29-12-25-14(2)20(29)31-5/h6-9,11-12,30H,10H2,1-5H3. The van der Waals surface area contributed by atoms with Crippen molar-refractivity contribution >= 4 is 0 Å². The average molecular weight is 420 g/mol. The third kappa shape index (κ3) is 3.55. The number of methoxy groups -OCH3 is 1. The van der Waals surface area contributed by atoms with Crippen LogP contribution in [-0.4, -0.2) is 51.3 Å².